The van der Waals surface area contributed by atoms with Crippen molar-refractivity contribution in [3.8, 4) is 5.75 Å². The summed E-state index contributed by atoms with van der Waals surface area (Å²) in [6.07, 6.45) is 10.5. The number of carbonyl (C=O) groups is 2. The molecule has 7 nitrogen and oxygen atoms in total. The molecule has 0 unspecified atom stereocenters. The molecule has 0 bridgehead atoms. The van der Waals surface area contributed by atoms with Crippen molar-refractivity contribution in [1.29, 1.82) is 0 Å². The Hall–Kier alpha value is -3.81. The molecule has 2 aromatic carbocycles. The predicted molar refractivity (Wildman–Crippen MR) is 165 cm³/mol. The fraction of sp³-hybridized carbons (Fsp3) is 0.417. The topological polar surface area (TPSA) is 100.0 Å². The normalized spacial score (nSPS) is 26.3. The van der Waals surface area contributed by atoms with Gasteiger partial charge in [-0.25, -0.2) is 0 Å². The Morgan fingerprint density at radius 3 is 2.51 bits per heavy atom. The third kappa shape index (κ3) is 4.98. The van der Waals surface area contributed by atoms with E-state index in [9.17, 15) is 19.8 Å². The summed E-state index contributed by atoms with van der Waals surface area (Å²) in [6, 6.07) is 17.3. The number of phenolic OH excluding ortho intramolecular Hbond substituents is 1. The van der Waals surface area contributed by atoms with Gasteiger partial charge in [-0.3, -0.25) is 19.5 Å². The van der Waals surface area contributed by atoms with Gasteiger partial charge in [-0.05, 0) is 84.0 Å². The van der Waals surface area contributed by atoms with Crippen LogP contribution in [0.2, 0.25) is 0 Å². The highest BCUT2D eigenvalue weighted by Crippen LogP contribution is 2.51. The van der Waals surface area contributed by atoms with E-state index in [0.29, 0.717) is 25.9 Å². The van der Waals surface area contributed by atoms with Crippen LogP contribution in [0.4, 0.5) is 0 Å². The Bertz CT molecular complexity index is 1610. The van der Waals surface area contributed by atoms with Crippen LogP contribution >= 0.6 is 0 Å². The molecule has 4 atom stereocenters. The molecule has 3 aromatic rings. The van der Waals surface area contributed by atoms with Crippen molar-refractivity contribution in [2.75, 3.05) is 13.2 Å². The Labute approximate surface area is 251 Å². The van der Waals surface area contributed by atoms with Crippen LogP contribution in [0.3, 0.4) is 0 Å². The molecule has 0 spiro atoms. The van der Waals surface area contributed by atoms with Crippen molar-refractivity contribution in [3.05, 3.63) is 83.2 Å². The number of amides is 2. The van der Waals surface area contributed by atoms with Gasteiger partial charge in [-0.1, -0.05) is 55.7 Å². The maximum Gasteiger partial charge on any atom is 0.234 e. The second-order valence-corrected chi connectivity index (χ2v) is 12.5. The largest absolute Gasteiger partial charge is 0.507 e. The summed E-state index contributed by atoms with van der Waals surface area (Å²) < 4.78 is 6.40. The van der Waals surface area contributed by atoms with Crippen molar-refractivity contribution in [2.45, 2.75) is 63.5 Å². The standard InChI is InChI=1S/C36H38N2O5/c39-20-24-19-28-34(36(42)38(35(28)41)25-8-2-1-3-9-25)29-21-43-32(33(24)29)16-14-23(30-12-6-7-17-37-30)18-22-13-15-31(40)27-11-5-4-10-26(22)27/h4-7,10-13,15,17-18,25,28-29,32,34,39-40H,1-3,8-9,14,16,19-21H2/b23-18-/t28-,29+,32-,34-/m1/s1. The lowest BCUT2D eigenvalue weighted by atomic mass is 9.69. The highest BCUT2D eigenvalue weighted by molar-refractivity contribution is 6.06. The molecule has 7 rings (SSSR count). The van der Waals surface area contributed by atoms with E-state index in [2.05, 4.69) is 11.1 Å². The molecular formula is C36H38N2O5. The van der Waals surface area contributed by atoms with E-state index < -0.39 is 0 Å². The molecule has 2 saturated heterocycles. The number of aromatic hydroxyl groups is 1. The number of aliphatic hydroxyl groups is 1. The van der Waals surface area contributed by atoms with Crippen LogP contribution in [-0.2, 0) is 14.3 Å². The Balaban J connectivity index is 1.17. The number of hydrogen-bond acceptors (Lipinski definition) is 6. The number of hydrogen-bond donors (Lipinski definition) is 2. The molecule has 1 aromatic heterocycles. The van der Waals surface area contributed by atoms with Gasteiger partial charge in [-0.2, -0.15) is 0 Å². The van der Waals surface area contributed by atoms with Gasteiger partial charge in [0.1, 0.15) is 5.75 Å². The van der Waals surface area contributed by atoms with Gasteiger partial charge in [0.25, 0.3) is 0 Å². The number of allylic oxidation sites excluding steroid dienone is 1. The van der Waals surface area contributed by atoms with Gasteiger partial charge >= 0.3 is 0 Å². The summed E-state index contributed by atoms with van der Waals surface area (Å²) in [5, 5.41) is 22.6. The van der Waals surface area contributed by atoms with Crippen LogP contribution in [0.1, 0.15) is 62.6 Å². The van der Waals surface area contributed by atoms with Crippen molar-refractivity contribution in [2.24, 2.45) is 17.8 Å². The summed E-state index contributed by atoms with van der Waals surface area (Å²) in [5.41, 5.74) is 4.81. The molecule has 3 heterocycles. The molecule has 222 valence electrons. The molecule has 43 heavy (non-hydrogen) atoms. The number of likely N-dealkylation sites (tertiary alicyclic amines) is 1. The molecule has 3 fully saturated rings. The van der Waals surface area contributed by atoms with E-state index in [1.807, 2.05) is 48.5 Å². The van der Waals surface area contributed by atoms with Crippen LogP contribution in [0.5, 0.6) is 5.75 Å². The first-order chi connectivity index (χ1) is 21.0. The molecule has 2 aliphatic heterocycles. The van der Waals surface area contributed by atoms with E-state index >= 15 is 0 Å². The average Bonchev–Trinajstić information content (AvgIpc) is 3.58. The van der Waals surface area contributed by atoms with Crippen molar-refractivity contribution in [3.63, 3.8) is 0 Å². The molecular weight excluding hydrogens is 540 g/mol. The molecule has 2 aliphatic carbocycles. The van der Waals surface area contributed by atoms with E-state index in [1.54, 1.807) is 17.2 Å². The van der Waals surface area contributed by atoms with Crippen LogP contribution in [0.15, 0.2) is 71.9 Å². The molecule has 2 N–H and O–H groups in total. The van der Waals surface area contributed by atoms with E-state index in [4.69, 9.17) is 4.74 Å². The summed E-state index contributed by atoms with van der Waals surface area (Å²) in [4.78, 5) is 33.6. The van der Waals surface area contributed by atoms with Crippen LogP contribution in [-0.4, -0.2) is 57.3 Å². The fourth-order valence-corrected chi connectivity index (χ4v) is 8.08. The molecule has 7 heteroatoms. The van der Waals surface area contributed by atoms with Gasteiger partial charge in [0.05, 0.1) is 36.8 Å². The smallest absolute Gasteiger partial charge is 0.234 e. The third-order valence-corrected chi connectivity index (χ3v) is 10.1. The van der Waals surface area contributed by atoms with Crippen LogP contribution < -0.4 is 0 Å². The van der Waals surface area contributed by atoms with Crippen molar-refractivity contribution in [1.82, 2.24) is 9.88 Å². The highest BCUT2D eigenvalue weighted by Gasteiger charge is 2.58. The minimum Gasteiger partial charge on any atom is -0.507 e. The maximum absolute atomic E-state index is 13.8. The molecule has 1 saturated carbocycles. The zero-order chi connectivity index (χ0) is 29.5. The Morgan fingerprint density at radius 2 is 1.74 bits per heavy atom. The number of fused-ring (bicyclic) bond motifs is 4. The van der Waals surface area contributed by atoms with Crippen molar-refractivity contribution < 1.29 is 24.5 Å². The summed E-state index contributed by atoms with van der Waals surface area (Å²) in [5.74, 6) is -0.771. The van der Waals surface area contributed by atoms with Gasteiger partial charge in [0, 0.05) is 23.5 Å². The van der Waals surface area contributed by atoms with Gasteiger partial charge in [0.2, 0.25) is 11.8 Å². The Kier molecular flexibility index (Phi) is 7.62. The van der Waals surface area contributed by atoms with Gasteiger partial charge < -0.3 is 14.9 Å². The Morgan fingerprint density at radius 1 is 0.953 bits per heavy atom. The van der Waals surface area contributed by atoms with E-state index in [1.165, 1.54) is 0 Å². The van der Waals surface area contributed by atoms with Gasteiger partial charge in [-0.15, -0.1) is 0 Å². The summed E-state index contributed by atoms with van der Waals surface area (Å²) in [7, 11) is 0. The number of phenols is 1. The second-order valence-electron chi connectivity index (χ2n) is 12.5. The minimum absolute atomic E-state index is 0.0144. The number of carbonyl (C=O) groups excluding carboxylic acids is 2. The first-order valence-corrected chi connectivity index (χ1v) is 15.7. The zero-order valence-corrected chi connectivity index (χ0v) is 24.3. The lowest BCUT2D eigenvalue weighted by molar-refractivity contribution is -0.143. The summed E-state index contributed by atoms with van der Waals surface area (Å²) >= 11 is 0. The monoisotopic (exact) mass is 578 g/mol. The number of aliphatic hydroxyl groups excluding tert-OH is 1. The van der Waals surface area contributed by atoms with Gasteiger partial charge in [0.15, 0.2) is 0 Å². The lowest BCUT2D eigenvalue weighted by Gasteiger charge is -2.31. The summed E-state index contributed by atoms with van der Waals surface area (Å²) in [6.45, 7) is 0.273. The number of nitrogens with zero attached hydrogens (tertiary/aromatic N) is 2. The lowest BCUT2D eigenvalue weighted by Crippen LogP contribution is -2.42. The molecule has 4 aliphatic rings. The predicted octanol–water partition coefficient (Wildman–Crippen LogP) is 5.90. The first-order valence-electron chi connectivity index (χ1n) is 15.7. The number of ether oxygens (including phenoxy) is 1. The quantitative estimate of drug-likeness (QED) is 0.267. The van der Waals surface area contributed by atoms with E-state index in [-0.39, 0.29) is 54.1 Å². The van der Waals surface area contributed by atoms with Crippen LogP contribution in [0.25, 0.3) is 22.4 Å². The maximum atomic E-state index is 13.8. The zero-order valence-electron chi connectivity index (χ0n) is 24.3. The van der Waals surface area contributed by atoms with Crippen molar-refractivity contribution >= 4 is 34.2 Å². The minimum atomic E-state index is -0.390. The number of imide groups is 1. The molecule has 0 radical (unpaired) electrons. The average molecular weight is 579 g/mol. The highest BCUT2D eigenvalue weighted by atomic mass is 16.5. The number of benzene rings is 2. The molecule has 2 amide bonds. The SMILES string of the molecule is O=C1[C@@H]2[C@@H](CC(CO)=C3[C@@H](CC/C(=C/c4ccc(O)c5ccccc45)c4ccccn4)OC[C@@H]32)C(=O)N1C1CCCCC1. The number of pyridine rings is 1. The fourth-order valence-electron chi connectivity index (χ4n) is 8.08. The van der Waals surface area contributed by atoms with E-state index in [0.717, 1.165) is 70.9 Å². The van der Waals surface area contributed by atoms with Crippen LogP contribution in [0, 0.1) is 17.8 Å². The first kappa shape index (κ1) is 28.0. The third-order valence-electron chi connectivity index (χ3n) is 10.1. The number of rotatable bonds is 7. The number of aromatic nitrogens is 1. The second kappa shape index (κ2) is 11.7.